The molecule has 0 saturated heterocycles. The molecule has 3 aromatic carbocycles. The zero-order chi connectivity index (χ0) is 19.9. The first kappa shape index (κ1) is 19.2. The highest BCUT2D eigenvalue weighted by molar-refractivity contribution is 5.93. The van der Waals surface area contributed by atoms with Gasteiger partial charge in [-0.3, -0.25) is 9.59 Å². The van der Waals surface area contributed by atoms with E-state index in [0.717, 1.165) is 16.8 Å². The van der Waals surface area contributed by atoms with Crippen molar-refractivity contribution in [1.82, 2.24) is 5.32 Å². The number of nitrogens with two attached hydrogens (primary N) is 1. The molecule has 1 atom stereocenters. The van der Waals surface area contributed by atoms with Crippen LogP contribution < -0.4 is 16.4 Å². The van der Waals surface area contributed by atoms with Crippen LogP contribution >= 0.6 is 0 Å². The second-order valence-electron chi connectivity index (χ2n) is 6.57. The quantitative estimate of drug-likeness (QED) is 0.593. The van der Waals surface area contributed by atoms with Gasteiger partial charge < -0.3 is 16.4 Å². The van der Waals surface area contributed by atoms with Gasteiger partial charge in [-0.1, -0.05) is 60.7 Å². The minimum absolute atomic E-state index is 0.128. The SMILES string of the molecule is C[C@@H](Nc1ccc(C(N)=O)cc1)C(=O)NC(c1ccccc1)c1ccccc1. The number of nitrogens with one attached hydrogen (secondary N) is 2. The van der Waals surface area contributed by atoms with Crippen LogP contribution in [0.25, 0.3) is 0 Å². The molecule has 0 aliphatic rings. The van der Waals surface area contributed by atoms with Crippen LogP contribution in [0.15, 0.2) is 84.9 Å². The van der Waals surface area contributed by atoms with E-state index < -0.39 is 11.9 Å². The maximum Gasteiger partial charge on any atom is 0.248 e. The van der Waals surface area contributed by atoms with Gasteiger partial charge in [-0.25, -0.2) is 0 Å². The summed E-state index contributed by atoms with van der Waals surface area (Å²) in [5.41, 5.74) is 8.45. The van der Waals surface area contributed by atoms with E-state index in [1.54, 1.807) is 31.2 Å². The third kappa shape index (κ3) is 4.76. The van der Waals surface area contributed by atoms with E-state index in [1.807, 2.05) is 60.7 Å². The van der Waals surface area contributed by atoms with Gasteiger partial charge in [-0.2, -0.15) is 0 Å². The van der Waals surface area contributed by atoms with Crippen molar-refractivity contribution in [3.8, 4) is 0 Å². The number of anilines is 1. The van der Waals surface area contributed by atoms with E-state index in [9.17, 15) is 9.59 Å². The Bertz CT molecular complexity index is 886. The zero-order valence-corrected chi connectivity index (χ0v) is 15.6. The normalized spacial score (nSPS) is 11.6. The number of carbonyl (C=O) groups is 2. The number of carbonyl (C=O) groups excluding carboxylic acids is 2. The van der Waals surface area contributed by atoms with Gasteiger partial charge in [0.05, 0.1) is 6.04 Å². The highest BCUT2D eigenvalue weighted by Gasteiger charge is 2.20. The van der Waals surface area contributed by atoms with Gasteiger partial charge in [0.2, 0.25) is 11.8 Å². The van der Waals surface area contributed by atoms with Gasteiger partial charge in [0, 0.05) is 11.3 Å². The average molecular weight is 373 g/mol. The summed E-state index contributed by atoms with van der Waals surface area (Å²) in [6.45, 7) is 1.80. The van der Waals surface area contributed by atoms with Crippen molar-refractivity contribution in [2.24, 2.45) is 5.73 Å². The number of amides is 2. The standard InChI is InChI=1S/C23H23N3O2/c1-16(25-20-14-12-19(13-15-20)22(24)27)23(28)26-21(17-8-4-2-5-9-17)18-10-6-3-7-11-18/h2-16,21,25H,1H3,(H2,24,27)(H,26,28)/t16-/m1/s1. The molecular formula is C23H23N3O2. The molecule has 2 amide bonds. The molecular weight excluding hydrogens is 350 g/mol. The molecule has 0 unspecified atom stereocenters. The molecule has 0 radical (unpaired) electrons. The summed E-state index contributed by atoms with van der Waals surface area (Å²) in [5, 5.41) is 6.28. The van der Waals surface area contributed by atoms with Gasteiger partial charge in [-0.15, -0.1) is 0 Å². The Morgan fingerprint density at radius 2 is 1.29 bits per heavy atom. The summed E-state index contributed by atoms with van der Waals surface area (Å²) in [6, 6.07) is 25.8. The Labute approximate surface area is 164 Å². The summed E-state index contributed by atoms with van der Waals surface area (Å²) in [4.78, 5) is 24.0. The molecule has 0 spiro atoms. The van der Waals surface area contributed by atoms with Gasteiger partial charge in [0.1, 0.15) is 6.04 Å². The smallest absolute Gasteiger partial charge is 0.248 e. The average Bonchev–Trinajstić information content (AvgIpc) is 2.73. The van der Waals surface area contributed by atoms with Crippen molar-refractivity contribution >= 4 is 17.5 Å². The second-order valence-corrected chi connectivity index (χ2v) is 6.57. The second kappa shape index (κ2) is 8.86. The minimum atomic E-state index is -0.481. The van der Waals surface area contributed by atoms with Gasteiger partial charge in [-0.05, 0) is 42.3 Å². The Hall–Kier alpha value is -3.60. The highest BCUT2D eigenvalue weighted by Crippen LogP contribution is 2.22. The van der Waals surface area contributed by atoms with Crippen molar-refractivity contribution in [2.45, 2.75) is 19.0 Å². The van der Waals surface area contributed by atoms with E-state index >= 15 is 0 Å². The molecule has 0 aliphatic heterocycles. The van der Waals surface area contributed by atoms with E-state index in [1.165, 1.54) is 0 Å². The summed E-state index contributed by atoms with van der Waals surface area (Å²) in [6.07, 6.45) is 0. The van der Waals surface area contributed by atoms with Crippen LogP contribution in [0.2, 0.25) is 0 Å². The fourth-order valence-corrected chi connectivity index (χ4v) is 2.96. The topological polar surface area (TPSA) is 84.2 Å². The van der Waals surface area contributed by atoms with Gasteiger partial charge in [0.25, 0.3) is 0 Å². The number of hydrogen-bond acceptors (Lipinski definition) is 3. The molecule has 28 heavy (non-hydrogen) atoms. The summed E-state index contributed by atoms with van der Waals surface area (Å²) in [7, 11) is 0. The maximum absolute atomic E-state index is 12.8. The number of rotatable bonds is 7. The van der Waals surface area contributed by atoms with E-state index in [0.29, 0.717) is 5.56 Å². The van der Waals surface area contributed by atoms with E-state index in [2.05, 4.69) is 10.6 Å². The molecule has 3 rings (SSSR count). The summed E-state index contributed by atoms with van der Waals surface area (Å²) in [5.74, 6) is -0.609. The lowest BCUT2D eigenvalue weighted by atomic mass is 9.98. The predicted octanol–water partition coefficient (Wildman–Crippen LogP) is 3.49. The Morgan fingerprint density at radius 1 is 0.786 bits per heavy atom. The lowest BCUT2D eigenvalue weighted by Gasteiger charge is -2.23. The molecule has 5 nitrogen and oxygen atoms in total. The fraction of sp³-hybridized carbons (Fsp3) is 0.130. The zero-order valence-electron chi connectivity index (χ0n) is 15.6. The first-order valence-electron chi connectivity index (χ1n) is 9.11. The number of primary amides is 1. The summed E-state index contributed by atoms with van der Waals surface area (Å²) < 4.78 is 0. The molecule has 0 fully saturated rings. The fourth-order valence-electron chi connectivity index (χ4n) is 2.96. The van der Waals surface area contributed by atoms with E-state index in [-0.39, 0.29) is 11.9 Å². The molecule has 0 aromatic heterocycles. The molecule has 0 saturated carbocycles. The van der Waals surface area contributed by atoms with Crippen LogP contribution in [0.4, 0.5) is 5.69 Å². The minimum Gasteiger partial charge on any atom is -0.374 e. The summed E-state index contributed by atoms with van der Waals surface area (Å²) >= 11 is 0. The van der Waals surface area contributed by atoms with Crippen LogP contribution in [0.1, 0.15) is 34.5 Å². The molecule has 0 aliphatic carbocycles. The molecule has 0 bridgehead atoms. The molecule has 3 aromatic rings. The van der Waals surface area contributed by atoms with Crippen molar-refractivity contribution in [1.29, 1.82) is 0 Å². The maximum atomic E-state index is 12.8. The third-order valence-corrected chi connectivity index (χ3v) is 4.50. The van der Waals surface area contributed by atoms with Crippen molar-refractivity contribution in [3.05, 3.63) is 102 Å². The van der Waals surface area contributed by atoms with Crippen LogP contribution in [0.3, 0.4) is 0 Å². The lowest BCUT2D eigenvalue weighted by Crippen LogP contribution is -2.40. The van der Waals surface area contributed by atoms with Crippen molar-refractivity contribution in [3.63, 3.8) is 0 Å². The Kier molecular flexibility index (Phi) is 6.07. The van der Waals surface area contributed by atoms with Crippen molar-refractivity contribution < 1.29 is 9.59 Å². The number of benzene rings is 3. The van der Waals surface area contributed by atoms with Crippen LogP contribution in [0.5, 0.6) is 0 Å². The molecule has 5 heteroatoms. The highest BCUT2D eigenvalue weighted by atomic mass is 16.2. The molecule has 4 N–H and O–H groups in total. The molecule has 0 heterocycles. The first-order valence-corrected chi connectivity index (χ1v) is 9.11. The van der Waals surface area contributed by atoms with Gasteiger partial charge in [0.15, 0.2) is 0 Å². The Balaban J connectivity index is 1.73. The van der Waals surface area contributed by atoms with Crippen LogP contribution in [-0.2, 0) is 4.79 Å². The first-order chi connectivity index (χ1) is 13.5. The molecule has 142 valence electrons. The van der Waals surface area contributed by atoms with E-state index in [4.69, 9.17) is 5.73 Å². The monoisotopic (exact) mass is 373 g/mol. The Morgan fingerprint density at radius 3 is 1.75 bits per heavy atom. The predicted molar refractivity (Wildman–Crippen MR) is 111 cm³/mol. The van der Waals surface area contributed by atoms with Gasteiger partial charge >= 0.3 is 0 Å². The third-order valence-electron chi connectivity index (χ3n) is 4.50. The van der Waals surface area contributed by atoms with Crippen molar-refractivity contribution in [2.75, 3.05) is 5.32 Å². The lowest BCUT2D eigenvalue weighted by molar-refractivity contribution is -0.122. The van der Waals surface area contributed by atoms with Crippen LogP contribution in [-0.4, -0.2) is 17.9 Å². The van der Waals surface area contributed by atoms with Crippen LogP contribution in [0, 0.1) is 0 Å². The number of hydrogen-bond donors (Lipinski definition) is 3. The largest absolute Gasteiger partial charge is 0.374 e.